The van der Waals surface area contributed by atoms with Crippen LogP contribution in [-0.4, -0.2) is 13.1 Å². The zero-order chi connectivity index (χ0) is 12.5. The standard InChI is InChI=1S/C16H27N/c1-4-8-14(2)13-17-12-11-15(3)16-9-6-5-7-10-16/h5-7,9-10,14-15,17H,4,8,11-13H2,1-3H3. The van der Waals surface area contributed by atoms with Gasteiger partial charge in [-0.1, -0.05) is 57.5 Å². The van der Waals surface area contributed by atoms with Gasteiger partial charge in [0, 0.05) is 0 Å². The Bertz CT molecular complexity index is 281. The molecule has 0 bridgehead atoms. The molecule has 0 aliphatic heterocycles. The zero-order valence-corrected chi connectivity index (χ0v) is 11.6. The highest BCUT2D eigenvalue weighted by molar-refractivity contribution is 5.18. The van der Waals surface area contributed by atoms with Crippen LogP contribution in [0.15, 0.2) is 30.3 Å². The molecule has 0 amide bonds. The van der Waals surface area contributed by atoms with Crippen LogP contribution in [0.1, 0.15) is 51.5 Å². The molecule has 0 aliphatic carbocycles. The molecule has 17 heavy (non-hydrogen) atoms. The van der Waals surface area contributed by atoms with Gasteiger partial charge >= 0.3 is 0 Å². The molecule has 1 N–H and O–H groups in total. The molecule has 1 aromatic carbocycles. The first-order chi connectivity index (χ1) is 8.24. The molecule has 1 rings (SSSR count). The van der Waals surface area contributed by atoms with E-state index in [1.807, 2.05) is 0 Å². The van der Waals surface area contributed by atoms with Crippen molar-refractivity contribution in [1.82, 2.24) is 5.32 Å². The quantitative estimate of drug-likeness (QED) is 0.663. The maximum Gasteiger partial charge on any atom is -0.00232 e. The lowest BCUT2D eigenvalue weighted by Gasteiger charge is -2.14. The second-order valence-corrected chi connectivity index (χ2v) is 5.20. The van der Waals surface area contributed by atoms with Crippen molar-refractivity contribution in [1.29, 1.82) is 0 Å². The van der Waals surface area contributed by atoms with Crippen molar-refractivity contribution in [2.45, 2.75) is 46.0 Å². The van der Waals surface area contributed by atoms with Crippen molar-refractivity contribution in [3.05, 3.63) is 35.9 Å². The summed E-state index contributed by atoms with van der Waals surface area (Å²) in [6, 6.07) is 10.8. The number of benzene rings is 1. The molecular formula is C16H27N. The van der Waals surface area contributed by atoms with Gasteiger partial charge < -0.3 is 5.32 Å². The molecule has 0 aliphatic rings. The Labute approximate surface area is 107 Å². The van der Waals surface area contributed by atoms with Crippen LogP contribution in [0.5, 0.6) is 0 Å². The van der Waals surface area contributed by atoms with Crippen LogP contribution in [0.2, 0.25) is 0 Å². The normalized spacial score (nSPS) is 14.5. The minimum absolute atomic E-state index is 0.658. The third kappa shape index (κ3) is 5.88. The molecule has 0 radical (unpaired) electrons. The SMILES string of the molecule is CCCC(C)CNCCC(C)c1ccccc1. The molecular weight excluding hydrogens is 206 g/mol. The average molecular weight is 233 g/mol. The summed E-state index contributed by atoms with van der Waals surface area (Å²) in [6.07, 6.45) is 3.85. The molecule has 2 unspecified atom stereocenters. The molecule has 0 saturated carbocycles. The van der Waals surface area contributed by atoms with Crippen molar-refractivity contribution < 1.29 is 0 Å². The van der Waals surface area contributed by atoms with E-state index in [0.29, 0.717) is 5.92 Å². The largest absolute Gasteiger partial charge is 0.316 e. The summed E-state index contributed by atoms with van der Waals surface area (Å²) < 4.78 is 0. The lowest BCUT2D eigenvalue weighted by Crippen LogP contribution is -2.23. The highest BCUT2D eigenvalue weighted by atomic mass is 14.8. The van der Waals surface area contributed by atoms with Gasteiger partial charge in [0.1, 0.15) is 0 Å². The highest BCUT2D eigenvalue weighted by Gasteiger charge is 2.05. The van der Waals surface area contributed by atoms with Gasteiger partial charge in [0.25, 0.3) is 0 Å². The van der Waals surface area contributed by atoms with Crippen molar-refractivity contribution >= 4 is 0 Å². The van der Waals surface area contributed by atoms with Crippen molar-refractivity contribution in [2.75, 3.05) is 13.1 Å². The van der Waals surface area contributed by atoms with E-state index in [4.69, 9.17) is 0 Å². The van der Waals surface area contributed by atoms with Crippen LogP contribution in [0.4, 0.5) is 0 Å². The summed E-state index contributed by atoms with van der Waals surface area (Å²) in [5, 5.41) is 3.57. The Morgan fingerprint density at radius 3 is 2.41 bits per heavy atom. The van der Waals surface area contributed by atoms with Crippen molar-refractivity contribution in [3.63, 3.8) is 0 Å². The summed E-state index contributed by atoms with van der Waals surface area (Å²) in [4.78, 5) is 0. The Balaban J connectivity index is 2.14. The smallest absolute Gasteiger partial charge is 0.00232 e. The third-order valence-corrected chi connectivity index (χ3v) is 3.40. The molecule has 0 spiro atoms. The van der Waals surface area contributed by atoms with Crippen LogP contribution in [0.3, 0.4) is 0 Å². The van der Waals surface area contributed by atoms with Crippen molar-refractivity contribution in [2.24, 2.45) is 5.92 Å². The maximum atomic E-state index is 3.57. The molecule has 2 atom stereocenters. The molecule has 1 aromatic rings. The zero-order valence-electron chi connectivity index (χ0n) is 11.6. The Hall–Kier alpha value is -0.820. The second kappa shape index (κ2) is 8.30. The van der Waals surface area contributed by atoms with E-state index >= 15 is 0 Å². The molecule has 96 valence electrons. The average Bonchev–Trinajstić information content (AvgIpc) is 2.36. The summed E-state index contributed by atoms with van der Waals surface area (Å²) in [6.45, 7) is 9.19. The van der Waals surface area contributed by atoms with Gasteiger partial charge in [0.05, 0.1) is 0 Å². The van der Waals surface area contributed by atoms with Crippen LogP contribution in [0.25, 0.3) is 0 Å². The van der Waals surface area contributed by atoms with Gasteiger partial charge in [-0.3, -0.25) is 0 Å². The monoisotopic (exact) mass is 233 g/mol. The van der Waals surface area contributed by atoms with Gasteiger partial charge in [-0.25, -0.2) is 0 Å². The van der Waals surface area contributed by atoms with Crippen LogP contribution in [-0.2, 0) is 0 Å². The number of nitrogens with one attached hydrogen (secondary N) is 1. The first-order valence-electron chi connectivity index (χ1n) is 6.99. The van der Waals surface area contributed by atoms with Gasteiger partial charge in [0.2, 0.25) is 0 Å². The predicted octanol–water partition coefficient (Wildman–Crippen LogP) is 4.21. The Morgan fingerprint density at radius 2 is 1.76 bits per heavy atom. The van der Waals surface area contributed by atoms with E-state index in [1.54, 1.807) is 0 Å². The van der Waals surface area contributed by atoms with Crippen LogP contribution < -0.4 is 5.32 Å². The molecule has 1 nitrogen and oxygen atoms in total. The van der Waals surface area contributed by atoms with Gasteiger partial charge in [-0.05, 0) is 43.3 Å². The minimum atomic E-state index is 0.658. The Kier molecular flexibility index (Phi) is 6.95. The summed E-state index contributed by atoms with van der Waals surface area (Å²) >= 11 is 0. The maximum absolute atomic E-state index is 3.57. The fraction of sp³-hybridized carbons (Fsp3) is 0.625. The number of rotatable bonds is 8. The fourth-order valence-corrected chi connectivity index (χ4v) is 2.21. The van der Waals surface area contributed by atoms with Crippen LogP contribution >= 0.6 is 0 Å². The summed E-state index contributed by atoms with van der Waals surface area (Å²) in [5.41, 5.74) is 1.45. The lowest BCUT2D eigenvalue weighted by atomic mass is 9.98. The van der Waals surface area contributed by atoms with E-state index in [1.165, 1.54) is 24.8 Å². The van der Waals surface area contributed by atoms with E-state index in [-0.39, 0.29) is 0 Å². The lowest BCUT2D eigenvalue weighted by molar-refractivity contribution is 0.466. The van der Waals surface area contributed by atoms with Gasteiger partial charge in [-0.15, -0.1) is 0 Å². The minimum Gasteiger partial charge on any atom is -0.316 e. The van der Waals surface area contributed by atoms with E-state index in [0.717, 1.165) is 19.0 Å². The molecule has 0 fully saturated rings. The summed E-state index contributed by atoms with van der Waals surface area (Å²) in [7, 11) is 0. The van der Waals surface area contributed by atoms with Crippen LogP contribution in [0, 0.1) is 5.92 Å². The fourth-order valence-electron chi connectivity index (χ4n) is 2.21. The van der Waals surface area contributed by atoms with Gasteiger partial charge in [0.15, 0.2) is 0 Å². The number of hydrogen-bond donors (Lipinski definition) is 1. The topological polar surface area (TPSA) is 12.0 Å². The molecule has 1 heteroatoms. The second-order valence-electron chi connectivity index (χ2n) is 5.20. The Morgan fingerprint density at radius 1 is 1.06 bits per heavy atom. The van der Waals surface area contributed by atoms with E-state index in [9.17, 15) is 0 Å². The highest BCUT2D eigenvalue weighted by Crippen LogP contribution is 2.17. The third-order valence-electron chi connectivity index (χ3n) is 3.40. The van der Waals surface area contributed by atoms with E-state index in [2.05, 4.69) is 56.4 Å². The molecule has 0 saturated heterocycles. The number of hydrogen-bond acceptors (Lipinski definition) is 1. The van der Waals surface area contributed by atoms with Crippen molar-refractivity contribution in [3.8, 4) is 0 Å². The van der Waals surface area contributed by atoms with Gasteiger partial charge in [-0.2, -0.15) is 0 Å². The first kappa shape index (κ1) is 14.2. The summed E-state index contributed by atoms with van der Waals surface area (Å²) in [5.74, 6) is 1.47. The predicted molar refractivity (Wildman–Crippen MR) is 76.4 cm³/mol. The first-order valence-corrected chi connectivity index (χ1v) is 6.99. The molecule has 0 heterocycles. The van der Waals surface area contributed by atoms with E-state index < -0.39 is 0 Å². The molecule has 0 aromatic heterocycles.